The van der Waals surface area contributed by atoms with Gasteiger partial charge in [0.1, 0.15) is 5.82 Å². The minimum absolute atomic E-state index is 0.0238. The first-order chi connectivity index (χ1) is 13.2. The van der Waals surface area contributed by atoms with E-state index in [9.17, 15) is 4.79 Å². The summed E-state index contributed by atoms with van der Waals surface area (Å²) in [4.78, 5) is 23.8. The Morgan fingerprint density at radius 3 is 3.00 bits per heavy atom. The van der Waals surface area contributed by atoms with Crippen molar-refractivity contribution in [2.75, 3.05) is 26.8 Å². The SMILES string of the molecule is COCCn1c([C@H]2CCN(C(=O)c3ccccc3Cl)C2)nc2ccncc21. The number of hydrogen-bond donors (Lipinski definition) is 0. The van der Waals surface area contributed by atoms with Gasteiger partial charge in [0.15, 0.2) is 0 Å². The summed E-state index contributed by atoms with van der Waals surface area (Å²) in [5, 5.41) is 0.490. The molecule has 1 fully saturated rings. The molecule has 3 heterocycles. The monoisotopic (exact) mass is 384 g/mol. The zero-order chi connectivity index (χ0) is 18.8. The second kappa shape index (κ2) is 7.66. The summed E-state index contributed by atoms with van der Waals surface area (Å²) < 4.78 is 7.43. The predicted molar refractivity (Wildman–Crippen MR) is 104 cm³/mol. The lowest BCUT2D eigenvalue weighted by atomic mass is 10.1. The van der Waals surface area contributed by atoms with Crippen LogP contribution < -0.4 is 0 Å². The average molecular weight is 385 g/mol. The third-order valence-corrected chi connectivity index (χ3v) is 5.37. The number of hydrogen-bond acceptors (Lipinski definition) is 4. The molecule has 3 aromatic rings. The zero-order valence-corrected chi connectivity index (χ0v) is 15.9. The molecule has 140 valence electrons. The summed E-state index contributed by atoms with van der Waals surface area (Å²) in [6.45, 7) is 2.64. The number of ether oxygens (including phenoxy) is 1. The summed E-state index contributed by atoms with van der Waals surface area (Å²) >= 11 is 6.20. The molecule has 0 aliphatic carbocycles. The van der Waals surface area contributed by atoms with Crippen molar-refractivity contribution in [3.8, 4) is 0 Å². The number of halogens is 1. The number of amides is 1. The van der Waals surface area contributed by atoms with Gasteiger partial charge < -0.3 is 14.2 Å². The Morgan fingerprint density at radius 2 is 2.19 bits per heavy atom. The molecule has 0 N–H and O–H groups in total. The van der Waals surface area contributed by atoms with Crippen LogP contribution in [0.4, 0.5) is 0 Å². The van der Waals surface area contributed by atoms with Gasteiger partial charge in [-0.3, -0.25) is 9.78 Å². The van der Waals surface area contributed by atoms with E-state index in [1.54, 1.807) is 25.4 Å². The summed E-state index contributed by atoms with van der Waals surface area (Å²) in [5.74, 6) is 1.15. The number of carbonyl (C=O) groups is 1. The lowest BCUT2D eigenvalue weighted by Gasteiger charge is -2.18. The highest BCUT2D eigenvalue weighted by Crippen LogP contribution is 2.31. The Bertz CT molecular complexity index is 972. The fourth-order valence-corrected chi connectivity index (χ4v) is 3.89. The molecule has 0 radical (unpaired) electrons. The quantitative estimate of drug-likeness (QED) is 0.676. The molecule has 1 aliphatic heterocycles. The lowest BCUT2D eigenvalue weighted by molar-refractivity contribution is 0.0790. The van der Waals surface area contributed by atoms with Crippen LogP contribution in [0, 0.1) is 0 Å². The van der Waals surface area contributed by atoms with Gasteiger partial charge in [0.05, 0.1) is 34.4 Å². The zero-order valence-electron chi connectivity index (χ0n) is 15.1. The van der Waals surface area contributed by atoms with E-state index >= 15 is 0 Å². The fourth-order valence-electron chi connectivity index (χ4n) is 3.68. The standard InChI is InChI=1S/C20H21ClN4O2/c1-27-11-10-25-18-12-22-8-6-17(18)23-19(25)14-7-9-24(13-14)20(26)15-4-2-3-5-16(15)21/h2-6,8,12,14H,7,9-11,13H2,1H3/t14-/m0/s1. The van der Waals surface area contributed by atoms with Crippen molar-refractivity contribution in [3.05, 3.63) is 59.1 Å². The van der Waals surface area contributed by atoms with Gasteiger partial charge in [0.25, 0.3) is 5.91 Å². The van der Waals surface area contributed by atoms with Crippen molar-refractivity contribution in [3.63, 3.8) is 0 Å². The number of fused-ring (bicyclic) bond motifs is 1. The lowest BCUT2D eigenvalue weighted by Crippen LogP contribution is -2.29. The van der Waals surface area contributed by atoms with Crippen LogP contribution >= 0.6 is 11.6 Å². The van der Waals surface area contributed by atoms with E-state index in [-0.39, 0.29) is 11.8 Å². The molecule has 27 heavy (non-hydrogen) atoms. The van der Waals surface area contributed by atoms with Crippen LogP contribution in [0.1, 0.15) is 28.5 Å². The Balaban J connectivity index is 1.60. The number of aromatic nitrogens is 3. The number of methoxy groups -OCH3 is 1. The largest absolute Gasteiger partial charge is 0.383 e. The molecule has 6 nitrogen and oxygen atoms in total. The highest BCUT2D eigenvalue weighted by atomic mass is 35.5. The number of rotatable bonds is 5. The molecular formula is C20H21ClN4O2. The molecule has 1 atom stereocenters. The van der Waals surface area contributed by atoms with Gasteiger partial charge in [-0.2, -0.15) is 0 Å². The maximum absolute atomic E-state index is 12.9. The molecule has 1 aromatic carbocycles. The van der Waals surface area contributed by atoms with Gasteiger partial charge in [0, 0.05) is 38.9 Å². The Kier molecular flexibility index (Phi) is 5.09. The molecule has 0 unspecified atom stereocenters. The van der Waals surface area contributed by atoms with Crippen LogP contribution in [-0.2, 0) is 11.3 Å². The van der Waals surface area contributed by atoms with E-state index < -0.39 is 0 Å². The van der Waals surface area contributed by atoms with Gasteiger partial charge in [-0.25, -0.2) is 4.98 Å². The second-order valence-corrected chi connectivity index (χ2v) is 7.10. The molecule has 1 saturated heterocycles. The van der Waals surface area contributed by atoms with E-state index in [1.807, 2.05) is 29.3 Å². The van der Waals surface area contributed by atoms with Crippen molar-refractivity contribution in [2.24, 2.45) is 0 Å². The normalized spacial score (nSPS) is 17.0. The predicted octanol–water partition coefficient (Wildman–Crippen LogP) is 3.36. The number of carbonyl (C=O) groups excluding carboxylic acids is 1. The Morgan fingerprint density at radius 1 is 1.33 bits per heavy atom. The minimum atomic E-state index is -0.0238. The third kappa shape index (κ3) is 3.42. The maximum atomic E-state index is 12.9. The van der Waals surface area contributed by atoms with E-state index in [0.717, 1.165) is 23.3 Å². The fraction of sp³-hybridized carbons (Fsp3) is 0.350. The van der Waals surface area contributed by atoms with Crippen LogP contribution in [0.2, 0.25) is 5.02 Å². The minimum Gasteiger partial charge on any atom is -0.383 e. The van der Waals surface area contributed by atoms with Gasteiger partial charge in [-0.05, 0) is 24.6 Å². The summed E-state index contributed by atoms with van der Waals surface area (Å²) in [5.41, 5.74) is 2.48. The number of imidazole rings is 1. The van der Waals surface area contributed by atoms with Crippen LogP contribution in [0.15, 0.2) is 42.7 Å². The molecular weight excluding hydrogens is 364 g/mol. The van der Waals surface area contributed by atoms with E-state index in [2.05, 4.69) is 9.55 Å². The Labute approximate surface area is 162 Å². The molecule has 1 amide bonds. The van der Waals surface area contributed by atoms with Gasteiger partial charge in [-0.15, -0.1) is 0 Å². The average Bonchev–Trinajstić information content (AvgIpc) is 3.31. The maximum Gasteiger partial charge on any atom is 0.255 e. The van der Waals surface area contributed by atoms with Crippen molar-refractivity contribution in [1.82, 2.24) is 19.4 Å². The van der Waals surface area contributed by atoms with Crippen LogP contribution in [-0.4, -0.2) is 52.1 Å². The Hall–Kier alpha value is -2.44. The molecule has 0 bridgehead atoms. The van der Waals surface area contributed by atoms with E-state index in [0.29, 0.717) is 36.8 Å². The van der Waals surface area contributed by atoms with E-state index in [1.165, 1.54) is 0 Å². The highest BCUT2D eigenvalue weighted by molar-refractivity contribution is 6.33. The first-order valence-electron chi connectivity index (χ1n) is 9.02. The number of pyridine rings is 1. The topological polar surface area (TPSA) is 60.2 Å². The summed E-state index contributed by atoms with van der Waals surface area (Å²) in [6, 6.07) is 9.11. The molecule has 7 heteroatoms. The van der Waals surface area contributed by atoms with E-state index in [4.69, 9.17) is 21.3 Å². The van der Waals surface area contributed by atoms with Gasteiger partial charge in [0.2, 0.25) is 0 Å². The van der Waals surface area contributed by atoms with Crippen LogP contribution in [0.3, 0.4) is 0 Å². The molecule has 2 aromatic heterocycles. The second-order valence-electron chi connectivity index (χ2n) is 6.70. The molecule has 0 saturated carbocycles. The summed E-state index contributed by atoms with van der Waals surface area (Å²) in [7, 11) is 1.69. The van der Waals surface area contributed by atoms with Gasteiger partial charge >= 0.3 is 0 Å². The summed E-state index contributed by atoms with van der Waals surface area (Å²) in [6.07, 6.45) is 4.46. The number of benzene rings is 1. The molecule has 1 aliphatic rings. The third-order valence-electron chi connectivity index (χ3n) is 5.04. The molecule has 4 rings (SSSR count). The van der Waals surface area contributed by atoms with Crippen molar-refractivity contribution < 1.29 is 9.53 Å². The van der Waals surface area contributed by atoms with Crippen molar-refractivity contribution in [2.45, 2.75) is 18.9 Å². The van der Waals surface area contributed by atoms with Crippen LogP contribution in [0.25, 0.3) is 11.0 Å². The first kappa shape index (κ1) is 17.9. The first-order valence-corrected chi connectivity index (χ1v) is 9.39. The smallest absolute Gasteiger partial charge is 0.255 e. The van der Waals surface area contributed by atoms with Gasteiger partial charge in [-0.1, -0.05) is 23.7 Å². The molecule has 0 spiro atoms. The van der Waals surface area contributed by atoms with Crippen molar-refractivity contribution >= 4 is 28.5 Å². The number of nitrogens with zero attached hydrogens (tertiary/aromatic N) is 4. The van der Waals surface area contributed by atoms with Crippen LogP contribution in [0.5, 0.6) is 0 Å². The highest BCUT2D eigenvalue weighted by Gasteiger charge is 2.32. The van der Waals surface area contributed by atoms with Crippen molar-refractivity contribution in [1.29, 1.82) is 0 Å². The number of likely N-dealkylation sites (tertiary alicyclic amines) is 1.